The number of methoxy groups -OCH3 is 1. The van der Waals surface area contributed by atoms with E-state index in [0.717, 1.165) is 30.3 Å². The average Bonchev–Trinajstić information content (AvgIpc) is 3.01. The van der Waals surface area contributed by atoms with Crippen molar-refractivity contribution in [2.45, 2.75) is 82.9 Å². The molecule has 3 aliphatic rings. The first-order valence-corrected chi connectivity index (χ1v) is 15.8. The van der Waals surface area contributed by atoms with Crippen LogP contribution in [0.4, 0.5) is 18.9 Å². The molecule has 2 N–H and O–H groups in total. The Balaban J connectivity index is 1.82. The standard InChI is InChI=1S/C37H35F3N4O5/c1-17-12-35(3,4)43-23-10-25-21(8-19(17)23)27(22-9-20-18(2)13-36(5,6)44-24(20)11-26(22)49-25)28-29(34(45)46)32(39)33(40)30(31(28)38)37(14-41,15-42)48-16-47-7/h8-11,17-18,43H,12-13,16H2,1-7H3,(H,45,46). The van der Waals surface area contributed by atoms with E-state index < -0.39 is 58.0 Å². The lowest BCUT2D eigenvalue weighted by Gasteiger charge is -2.38. The van der Waals surface area contributed by atoms with Crippen molar-refractivity contribution in [1.29, 1.82) is 10.5 Å². The van der Waals surface area contributed by atoms with Crippen LogP contribution in [0, 0.1) is 40.1 Å². The van der Waals surface area contributed by atoms with Crippen molar-refractivity contribution in [2.75, 3.05) is 19.2 Å². The molecule has 12 heteroatoms. The van der Waals surface area contributed by atoms with E-state index in [1.54, 1.807) is 24.3 Å². The molecular weight excluding hydrogens is 637 g/mol. The Labute approximate surface area is 281 Å². The fourth-order valence-corrected chi connectivity index (χ4v) is 7.63. The summed E-state index contributed by atoms with van der Waals surface area (Å²) in [6, 6.07) is 9.74. The third-order valence-electron chi connectivity index (χ3n) is 9.46. The lowest BCUT2D eigenvalue weighted by Crippen LogP contribution is -2.37. The molecule has 0 aliphatic carbocycles. The van der Waals surface area contributed by atoms with Gasteiger partial charge in [-0.2, -0.15) is 10.5 Å². The Kier molecular flexibility index (Phi) is 8.05. The molecular formula is C37H35F3N4O5. The van der Waals surface area contributed by atoms with E-state index in [1.807, 2.05) is 27.7 Å². The van der Waals surface area contributed by atoms with Crippen LogP contribution in [0.2, 0.25) is 0 Å². The van der Waals surface area contributed by atoms with Crippen LogP contribution >= 0.6 is 0 Å². The number of halogens is 3. The number of rotatable bonds is 6. The maximum atomic E-state index is 17.3. The van der Waals surface area contributed by atoms with Crippen LogP contribution in [0.5, 0.6) is 11.5 Å². The molecule has 2 atom stereocenters. The molecule has 49 heavy (non-hydrogen) atoms. The molecule has 3 heterocycles. The maximum absolute atomic E-state index is 17.3. The second kappa shape index (κ2) is 11.6. The minimum Gasteiger partial charge on any atom is -0.478 e. The number of benzene rings is 3. The van der Waals surface area contributed by atoms with Gasteiger partial charge in [0.05, 0.1) is 16.5 Å². The number of ether oxygens (including phenoxy) is 3. The predicted molar refractivity (Wildman–Crippen MR) is 172 cm³/mol. The molecule has 2 unspecified atom stereocenters. The number of aromatic carboxylic acids is 1. The highest BCUT2D eigenvalue weighted by Crippen LogP contribution is 2.48. The third kappa shape index (κ3) is 5.40. The SMILES string of the molecule is COCOC(C#N)(C#N)c1c(F)c(F)c(C(=O)O)c(C2=c3cc4c(cc3Oc3cc5c(cc32)C(C)CC(C)(C)N5)=NC(C)(C)CC4C)c1F. The van der Waals surface area contributed by atoms with Gasteiger partial charge in [0, 0.05) is 52.4 Å². The second-order valence-corrected chi connectivity index (χ2v) is 14.3. The molecule has 0 spiro atoms. The van der Waals surface area contributed by atoms with Crippen LogP contribution < -0.4 is 20.6 Å². The molecule has 0 saturated carbocycles. The first-order chi connectivity index (χ1) is 23.0. The van der Waals surface area contributed by atoms with Crippen molar-refractivity contribution >= 4 is 17.2 Å². The van der Waals surface area contributed by atoms with Gasteiger partial charge in [0.2, 0.25) is 0 Å². The number of nitrogens with one attached hydrogen (secondary N) is 1. The summed E-state index contributed by atoms with van der Waals surface area (Å²) in [5.41, 5.74) is -4.85. The Morgan fingerprint density at radius 3 is 2.33 bits per heavy atom. The number of carbonyl (C=O) groups is 1. The number of carboxylic acid groups (broad SMARTS) is 1. The van der Waals surface area contributed by atoms with E-state index in [4.69, 9.17) is 19.2 Å². The van der Waals surface area contributed by atoms with Crippen LogP contribution in [-0.2, 0) is 15.1 Å². The molecule has 0 fully saturated rings. The van der Waals surface area contributed by atoms with Gasteiger partial charge in [-0.05, 0) is 75.6 Å². The van der Waals surface area contributed by atoms with Gasteiger partial charge in [-0.3, -0.25) is 4.99 Å². The molecule has 9 nitrogen and oxygen atoms in total. The lowest BCUT2D eigenvalue weighted by molar-refractivity contribution is -0.0861. The molecule has 0 saturated heterocycles. The fraction of sp³-hybridized carbons (Fsp3) is 0.405. The molecule has 6 rings (SSSR count). The number of nitrogens with zero attached hydrogens (tertiary/aromatic N) is 3. The number of hydrogen-bond acceptors (Lipinski definition) is 8. The van der Waals surface area contributed by atoms with Crippen LogP contribution in [0.1, 0.15) is 104 Å². The van der Waals surface area contributed by atoms with Crippen LogP contribution in [0.25, 0.3) is 5.57 Å². The second-order valence-electron chi connectivity index (χ2n) is 14.3. The van der Waals surface area contributed by atoms with Gasteiger partial charge in [0.25, 0.3) is 5.60 Å². The quantitative estimate of drug-likeness (QED) is 0.172. The molecule has 0 radical (unpaired) electrons. The van der Waals surface area contributed by atoms with Gasteiger partial charge in [-0.1, -0.05) is 13.8 Å². The van der Waals surface area contributed by atoms with Gasteiger partial charge in [0.1, 0.15) is 41.8 Å². The monoisotopic (exact) mass is 672 g/mol. The lowest BCUT2D eigenvalue weighted by atomic mass is 9.78. The zero-order chi connectivity index (χ0) is 35.8. The van der Waals surface area contributed by atoms with Crippen molar-refractivity contribution in [1.82, 2.24) is 0 Å². The van der Waals surface area contributed by atoms with E-state index in [0.29, 0.717) is 11.8 Å². The first kappa shape index (κ1) is 34.0. The van der Waals surface area contributed by atoms with E-state index in [1.165, 1.54) is 12.1 Å². The maximum Gasteiger partial charge on any atom is 0.339 e. The van der Waals surface area contributed by atoms with E-state index in [9.17, 15) is 20.4 Å². The molecule has 3 aromatic carbocycles. The number of hydrogen-bond donors (Lipinski definition) is 2. The molecule has 0 bridgehead atoms. The smallest absolute Gasteiger partial charge is 0.339 e. The largest absolute Gasteiger partial charge is 0.478 e. The van der Waals surface area contributed by atoms with E-state index in [-0.39, 0.29) is 45.2 Å². The summed E-state index contributed by atoms with van der Waals surface area (Å²) in [4.78, 5) is 17.7. The van der Waals surface area contributed by atoms with Crippen LogP contribution in [-0.4, -0.2) is 36.1 Å². The number of fused-ring (bicyclic) bond motifs is 4. The topological polar surface area (TPSA) is 137 Å². The summed E-state index contributed by atoms with van der Waals surface area (Å²) in [6.07, 6.45) is 1.40. The van der Waals surface area contributed by atoms with Crippen molar-refractivity contribution < 1.29 is 37.3 Å². The molecule has 254 valence electrons. The van der Waals surface area contributed by atoms with Gasteiger partial charge in [-0.15, -0.1) is 0 Å². The van der Waals surface area contributed by atoms with E-state index >= 15 is 13.2 Å². The zero-order valence-electron chi connectivity index (χ0n) is 28.1. The van der Waals surface area contributed by atoms with Gasteiger partial charge in [-0.25, -0.2) is 18.0 Å². The molecule has 3 aliphatic heterocycles. The minimum absolute atomic E-state index is 0.0136. The Morgan fingerprint density at radius 2 is 1.69 bits per heavy atom. The average molecular weight is 673 g/mol. The normalized spacial score (nSPS) is 19.8. The van der Waals surface area contributed by atoms with Crippen molar-refractivity contribution in [3.8, 4) is 23.6 Å². The highest BCUT2D eigenvalue weighted by atomic mass is 19.2. The Morgan fingerprint density at radius 1 is 1.02 bits per heavy atom. The first-order valence-electron chi connectivity index (χ1n) is 15.8. The summed E-state index contributed by atoms with van der Waals surface area (Å²) in [7, 11) is 1.16. The van der Waals surface area contributed by atoms with E-state index in [2.05, 4.69) is 19.2 Å². The summed E-state index contributed by atoms with van der Waals surface area (Å²) in [5, 5.41) is 34.7. The summed E-state index contributed by atoms with van der Waals surface area (Å²) in [6.45, 7) is 11.4. The fourth-order valence-electron chi connectivity index (χ4n) is 7.63. The Bertz CT molecular complexity index is 2150. The number of nitriles is 2. The number of carboxylic acids is 1. The van der Waals surface area contributed by atoms with Gasteiger partial charge < -0.3 is 24.6 Å². The predicted octanol–water partition coefficient (Wildman–Crippen LogP) is 6.62. The highest BCUT2D eigenvalue weighted by Gasteiger charge is 2.46. The molecule has 0 aromatic heterocycles. The summed E-state index contributed by atoms with van der Waals surface area (Å²) in [5.74, 6) is -7.29. The van der Waals surface area contributed by atoms with Gasteiger partial charge >= 0.3 is 5.97 Å². The number of anilines is 1. The Hall–Kier alpha value is -4.91. The van der Waals surface area contributed by atoms with Gasteiger partial charge in [0.15, 0.2) is 11.6 Å². The third-order valence-corrected chi connectivity index (χ3v) is 9.46. The zero-order valence-corrected chi connectivity index (χ0v) is 28.1. The van der Waals surface area contributed by atoms with Crippen molar-refractivity contribution in [3.05, 3.63) is 85.7 Å². The highest BCUT2D eigenvalue weighted by molar-refractivity contribution is 5.99. The van der Waals surface area contributed by atoms with Crippen molar-refractivity contribution in [2.24, 2.45) is 4.99 Å². The van der Waals surface area contributed by atoms with Crippen LogP contribution in [0.3, 0.4) is 0 Å². The minimum atomic E-state index is -3.04. The summed E-state index contributed by atoms with van der Waals surface area (Å²) < 4.78 is 65.7. The molecule has 0 amide bonds. The molecule has 3 aromatic rings. The van der Waals surface area contributed by atoms with Crippen molar-refractivity contribution in [3.63, 3.8) is 0 Å². The summed E-state index contributed by atoms with van der Waals surface area (Å²) >= 11 is 0. The van der Waals surface area contributed by atoms with Crippen LogP contribution in [0.15, 0.2) is 29.3 Å².